The Kier molecular flexibility index (Phi) is 6.03. The van der Waals surface area contributed by atoms with Crippen molar-refractivity contribution < 1.29 is 14.3 Å². The number of carbonyl (C=O) groups excluding carboxylic acids is 1. The molecule has 5 rings (SSSR count). The zero-order valence-corrected chi connectivity index (χ0v) is 18.2. The first-order valence-electron chi connectivity index (χ1n) is 10.2. The summed E-state index contributed by atoms with van der Waals surface area (Å²) in [6, 6.07) is 25.1. The zero-order valence-electron chi connectivity index (χ0n) is 17.4. The molecule has 3 aromatic carbocycles. The van der Waals surface area contributed by atoms with Gasteiger partial charge >= 0.3 is 0 Å². The molecule has 9 heteroatoms. The molecule has 1 N–H and O–H groups in total. The van der Waals surface area contributed by atoms with Crippen LogP contribution >= 0.6 is 11.8 Å². The van der Waals surface area contributed by atoms with E-state index in [-0.39, 0.29) is 18.5 Å². The topological polar surface area (TPSA) is 90.6 Å². The van der Waals surface area contributed by atoms with Crippen molar-refractivity contribution in [2.75, 3.05) is 12.5 Å². The van der Waals surface area contributed by atoms with Gasteiger partial charge < -0.3 is 9.47 Å². The molecule has 0 saturated carbocycles. The predicted octanol–water partition coefficient (Wildman–Crippen LogP) is 3.91. The third-order valence-corrected chi connectivity index (χ3v) is 5.74. The average Bonchev–Trinajstić information content (AvgIpc) is 3.50. The molecule has 0 unspecified atom stereocenters. The second-order valence-corrected chi connectivity index (χ2v) is 7.98. The summed E-state index contributed by atoms with van der Waals surface area (Å²) in [7, 11) is 0. The number of ether oxygens (including phenoxy) is 2. The van der Waals surface area contributed by atoms with Crippen LogP contribution < -0.4 is 14.9 Å². The summed E-state index contributed by atoms with van der Waals surface area (Å²) in [6.45, 7) is 0.212. The second-order valence-electron chi connectivity index (χ2n) is 7.04. The molecule has 0 spiro atoms. The van der Waals surface area contributed by atoms with Gasteiger partial charge in [-0.2, -0.15) is 5.10 Å². The summed E-state index contributed by atoms with van der Waals surface area (Å²) < 4.78 is 12.6. The number of aromatic nitrogens is 3. The Balaban J connectivity index is 1.27. The van der Waals surface area contributed by atoms with Crippen molar-refractivity contribution in [2.24, 2.45) is 5.10 Å². The number of para-hydroxylation sites is 1. The average molecular weight is 458 g/mol. The first kappa shape index (κ1) is 20.8. The van der Waals surface area contributed by atoms with Gasteiger partial charge in [0.25, 0.3) is 5.91 Å². The van der Waals surface area contributed by atoms with Gasteiger partial charge in [0.15, 0.2) is 22.5 Å². The minimum absolute atomic E-state index is 0.137. The number of thioether (sulfide) groups is 1. The van der Waals surface area contributed by atoms with E-state index in [4.69, 9.17) is 9.47 Å². The highest BCUT2D eigenvalue weighted by Crippen LogP contribution is 2.32. The molecule has 4 aromatic rings. The van der Waals surface area contributed by atoms with Gasteiger partial charge in [-0.05, 0) is 35.9 Å². The summed E-state index contributed by atoms with van der Waals surface area (Å²) in [5.41, 5.74) is 5.21. The molecule has 8 nitrogen and oxygen atoms in total. The van der Waals surface area contributed by atoms with E-state index < -0.39 is 0 Å². The standard InChI is InChI=1S/C24H19N5O3S/c30-22(26-25-14-17-11-12-20-21(13-17)32-16-31-20)15-33-24-28-27-23(18-7-3-1-4-8-18)29(24)19-9-5-2-6-10-19/h1-14H,15-16H2,(H,26,30)/b25-14+. The number of hydrogen-bond acceptors (Lipinski definition) is 7. The second kappa shape index (κ2) is 9.58. The maximum Gasteiger partial charge on any atom is 0.250 e. The molecule has 0 aliphatic carbocycles. The summed E-state index contributed by atoms with van der Waals surface area (Å²) >= 11 is 1.29. The highest BCUT2D eigenvalue weighted by molar-refractivity contribution is 7.99. The normalized spacial score (nSPS) is 12.2. The lowest BCUT2D eigenvalue weighted by Gasteiger charge is -2.10. The Hall–Kier alpha value is -4.11. The minimum Gasteiger partial charge on any atom is -0.454 e. The van der Waals surface area contributed by atoms with Gasteiger partial charge in [0.1, 0.15) is 0 Å². The number of fused-ring (bicyclic) bond motifs is 1. The Morgan fingerprint density at radius 2 is 1.76 bits per heavy atom. The van der Waals surface area contributed by atoms with Crippen LogP contribution in [0.25, 0.3) is 17.1 Å². The van der Waals surface area contributed by atoms with E-state index in [2.05, 4.69) is 20.7 Å². The van der Waals surface area contributed by atoms with Crippen molar-refractivity contribution in [3.05, 3.63) is 84.4 Å². The monoisotopic (exact) mass is 457 g/mol. The largest absolute Gasteiger partial charge is 0.454 e. The molecular formula is C24H19N5O3S. The van der Waals surface area contributed by atoms with E-state index in [1.807, 2.05) is 77.4 Å². The number of carbonyl (C=O) groups is 1. The quantitative estimate of drug-likeness (QED) is 0.257. The summed E-state index contributed by atoms with van der Waals surface area (Å²) in [5.74, 6) is 1.96. The lowest BCUT2D eigenvalue weighted by atomic mass is 10.2. The zero-order chi connectivity index (χ0) is 22.5. The Morgan fingerprint density at radius 1 is 1.00 bits per heavy atom. The molecule has 164 valence electrons. The lowest BCUT2D eigenvalue weighted by Crippen LogP contribution is -2.20. The fraction of sp³-hybridized carbons (Fsp3) is 0.0833. The number of hydrazone groups is 1. The highest BCUT2D eigenvalue weighted by Gasteiger charge is 2.17. The van der Waals surface area contributed by atoms with Crippen molar-refractivity contribution >= 4 is 23.9 Å². The Morgan fingerprint density at radius 3 is 2.58 bits per heavy atom. The molecule has 1 aromatic heterocycles. The Labute approximate surface area is 194 Å². The van der Waals surface area contributed by atoms with Crippen LogP contribution in [0, 0.1) is 0 Å². The Bertz CT molecular complexity index is 1290. The molecule has 0 bridgehead atoms. The molecule has 1 aliphatic rings. The van der Waals surface area contributed by atoms with E-state index in [0.29, 0.717) is 22.5 Å². The van der Waals surface area contributed by atoms with Gasteiger partial charge in [-0.3, -0.25) is 9.36 Å². The maximum absolute atomic E-state index is 12.4. The summed E-state index contributed by atoms with van der Waals surface area (Å²) in [5, 5.41) is 13.4. The van der Waals surface area contributed by atoms with E-state index in [9.17, 15) is 4.79 Å². The van der Waals surface area contributed by atoms with Crippen LogP contribution in [0.2, 0.25) is 0 Å². The van der Waals surface area contributed by atoms with Crippen LogP contribution in [-0.4, -0.2) is 39.4 Å². The fourth-order valence-corrected chi connectivity index (χ4v) is 4.03. The van der Waals surface area contributed by atoms with E-state index in [1.165, 1.54) is 11.8 Å². The molecular weight excluding hydrogens is 438 g/mol. The van der Waals surface area contributed by atoms with E-state index >= 15 is 0 Å². The van der Waals surface area contributed by atoms with Crippen LogP contribution in [-0.2, 0) is 4.79 Å². The third kappa shape index (κ3) is 4.73. The van der Waals surface area contributed by atoms with Crippen molar-refractivity contribution in [2.45, 2.75) is 5.16 Å². The van der Waals surface area contributed by atoms with Crippen molar-refractivity contribution in [1.82, 2.24) is 20.2 Å². The van der Waals surface area contributed by atoms with Gasteiger partial charge in [0, 0.05) is 11.3 Å². The number of benzene rings is 3. The van der Waals surface area contributed by atoms with Crippen LogP contribution in [0.15, 0.2) is 89.1 Å². The number of amides is 1. The minimum atomic E-state index is -0.249. The number of nitrogens with one attached hydrogen (secondary N) is 1. The van der Waals surface area contributed by atoms with Crippen LogP contribution in [0.3, 0.4) is 0 Å². The van der Waals surface area contributed by atoms with Crippen molar-refractivity contribution in [3.8, 4) is 28.6 Å². The van der Waals surface area contributed by atoms with E-state index in [0.717, 1.165) is 16.8 Å². The third-order valence-electron chi connectivity index (χ3n) is 4.81. The van der Waals surface area contributed by atoms with Gasteiger partial charge in [-0.25, -0.2) is 5.43 Å². The van der Waals surface area contributed by atoms with Gasteiger partial charge in [0.2, 0.25) is 6.79 Å². The molecule has 33 heavy (non-hydrogen) atoms. The maximum atomic E-state index is 12.4. The SMILES string of the molecule is O=C(CSc1nnc(-c2ccccc2)n1-c1ccccc1)N/N=C/c1ccc2c(c1)OCO2. The molecule has 1 amide bonds. The van der Waals surface area contributed by atoms with Gasteiger partial charge in [-0.15, -0.1) is 10.2 Å². The summed E-state index contributed by atoms with van der Waals surface area (Å²) in [6.07, 6.45) is 1.56. The molecule has 0 atom stereocenters. The molecule has 0 radical (unpaired) electrons. The number of hydrogen-bond donors (Lipinski definition) is 1. The fourth-order valence-electron chi connectivity index (χ4n) is 3.28. The lowest BCUT2D eigenvalue weighted by molar-refractivity contribution is -0.118. The smallest absolute Gasteiger partial charge is 0.250 e. The molecule has 0 saturated heterocycles. The van der Waals surface area contributed by atoms with Gasteiger partial charge in [0.05, 0.1) is 12.0 Å². The predicted molar refractivity (Wildman–Crippen MR) is 126 cm³/mol. The highest BCUT2D eigenvalue weighted by atomic mass is 32.2. The number of rotatable bonds is 7. The van der Waals surface area contributed by atoms with Gasteiger partial charge in [-0.1, -0.05) is 60.3 Å². The van der Waals surface area contributed by atoms with Crippen molar-refractivity contribution in [1.29, 1.82) is 0 Å². The van der Waals surface area contributed by atoms with Crippen LogP contribution in [0.4, 0.5) is 0 Å². The van der Waals surface area contributed by atoms with Crippen LogP contribution in [0.1, 0.15) is 5.56 Å². The molecule has 2 heterocycles. The molecule has 0 fully saturated rings. The van der Waals surface area contributed by atoms with Crippen molar-refractivity contribution in [3.63, 3.8) is 0 Å². The first-order chi connectivity index (χ1) is 16.3. The summed E-state index contributed by atoms with van der Waals surface area (Å²) in [4.78, 5) is 12.4. The van der Waals surface area contributed by atoms with E-state index in [1.54, 1.807) is 12.3 Å². The number of nitrogens with zero attached hydrogens (tertiary/aromatic N) is 4. The molecule has 1 aliphatic heterocycles. The van der Waals surface area contributed by atoms with Crippen LogP contribution in [0.5, 0.6) is 11.5 Å². The first-order valence-corrected chi connectivity index (χ1v) is 11.2.